The highest BCUT2D eigenvalue weighted by Gasteiger charge is 2.09. The molecular weight excluding hydrogens is 194 g/mol. The predicted molar refractivity (Wildman–Crippen MR) is 73.5 cm³/mol. The monoisotopic (exact) mass is 224 g/mol. The van der Waals surface area contributed by atoms with E-state index in [2.05, 4.69) is 19.1 Å². The molecule has 0 spiro atoms. The minimum Gasteiger partial charge on any atom is -0.252 e. The molecule has 0 aromatic carbocycles. The van der Waals surface area contributed by atoms with Crippen molar-refractivity contribution in [3.05, 3.63) is 12.2 Å². The highest BCUT2D eigenvalue weighted by molar-refractivity contribution is 4.81. The molecule has 0 aliphatic carbocycles. The van der Waals surface area contributed by atoms with E-state index >= 15 is 0 Å². The van der Waals surface area contributed by atoms with E-state index in [0.717, 1.165) is 6.42 Å². The Kier molecular flexibility index (Phi) is 9.71. The summed E-state index contributed by atoms with van der Waals surface area (Å²) in [5.74, 6) is 0. The van der Waals surface area contributed by atoms with Crippen molar-refractivity contribution in [1.29, 1.82) is 0 Å². The summed E-state index contributed by atoms with van der Waals surface area (Å²) in [5, 5.41) is 0. The molecule has 16 heavy (non-hydrogen) atoms. The first-order valence-electron chi connectivity index (χ1n) is 6.96. The quantitative estimate of drug-likeness (QED) is 0.362. The fourth-order valence-corrected chi connectivity index (χ4v) is 1.74. The van der Waals surface area contributed by atoms with Crippen molar-refractivity contribution in [2.24, 2.45) is 0 Å². The lowest BCUT2D eigenvalue weighted by molar-refractivity contribution is 0.430. The van der Waals surface area contributed by atoms with Crippen molar-refractivity contribution in [3.8, 4) is 0 Å². The minimum atomic E-state index is -0.222. The lowest BCUT2D eigenvalue weighted by atomic mass is 9.97. The molecule has 0 aromatic heterocycles. The third-order valence-electron chi connectivity index (χ3n) is 2.81. The predicted octanol–water partition coefficient (Wildman–Crippen LogP) is 5.13. The minimum absolute atomic E-state index is 0.222. The van der Waals surface area contributed by atoms with Gasteiger partial charge in [0.2, 0.25) is 0 Å². The third kappa shape index (κ3) is 13.7. The highest BCUT2D eigenvalue weighted by atomic mass is 14.7. The molecule has 1 N–H and O–H groups in total. The maximum absolute atomic E-state index is 7.73. The molecule has 0 saturated carbocycles. The van der Waals surface area contributed by atoms with Gasteiger partial charge in [-0.15, -0.1) is 0 Å². The molecule has 0 aliphatic heterocycles. The van der Waals surface area contributed by atoms with E-state index < -0.39 is 0 Å². The van der Waals surface area contributed by atoms with Crippen LogP contribution in [0, 0.1) is 0 Å². The first-order valence-corrected chi connectivity index (χ1v) is 6.96. The normalized spacial score (nSPS) is 12.5. The summed E-state index contributed by atoms with van der Waals surface area (Å²) in [5.41, 5.74) is 7.51. The zero-order valence-electron chi connectivity index (χ0n) is 11.5. The van der Waals surface area contributed by atoms with Crippen LogP contribution >= 0.6 is 0 Å². The van der Waals surface area contributed by atoms with Gasteiger partial charge in [0.1, 0.15) is 0 Å². The lowest BCUT2D eigenvalue weighted by Crippen LogP contribution is -2.20. The van der Waals surface area contributed by atoms with Crippen molar-refractivity contribution < 1.29 is 0 Å². The summed E-state index contributed by atoms with van der Waals surface area (Å²) in [6.07, 6.45) is 16.0. The van der Waals surface area contributed by atoms with Gasteiger partial charge in [0.25, 0.3) is 0 Å². The van der Waals surface area contributed by atoms with Gasteiger partial charge in [-0.25, -0.2) is 0 Å². The molecule has 0 fully saturated rings. The zero-order chi connectivity index (χ0) is 12.3. The van der Waals surface area contributed by atoms with Crippen molar-refractivity contribution in [3.63, 3.8) is 0 Å². The lowest BCUT2D eigenvalue weighted by Gasteiger charge is -2.16. The number of hydrogen-bond donors (Lipinski definition) is 0. The Hall–Kier alpha value is -0.300. The molecule has 0 rings (SSSR count). The molecule has 1 heteroatoms. The van der Waals surface area contributed by atoms with Gasteiger partial charge in [-0.3, -0.25) is 5.73 Å². The molecule has 0 heterocycles. The van der Waals surface area contributed by atoms with Crippen LogP contribution in [0.1, 0.15) is 78.6 Å². The van der Waals surface area contributed by atoms with Crippen molar-refractivity contribution >= 4 is 0 Å². The number of nitrogens with one attached hydrogen (secondary N) is 1. The number of rotatable bonds is 10. The fourth-order valence-electron chi connectivity index (χ4n) is 1.74. The average molecular weight is 224 g/mol. The Morgan fingerprint density at radius 2 is 1.44 bits per heavy atom. The molecule has 0 unspecified atom stereocenters. The first kappa shape index (κ1) is 15.7. The van der Waals surface area contributed by atoms with Crippen LogP contribution < -0.4 is 5.73 Å². The molecular formula is C15H30N. The summed E-state index contributed by atoms with van der Waals surface area (Å²) < 4.78 is 0. The van der Waals surface area contributed by atoms with Crippen LogP contribution in [0.25, 0.3) is 0 Å². The number of unbranched alkanes of at least 4 members (excludes halogenated alkanes) is 6. The second kappa shape index (κ2) is 9.89. The van der Waals surface area contributed by atoms with Crippen LogP contribution in [0.5, 0.6) is 0 Å². The number of allylic oxidation sites excluding steroid dienone is 2. The molecule has 0 amide bonds. The maximum atomic E-state index is 7.73. The van der Waals surface area contributed by atoms with Gasteiger partial charge in [-0.05, 0) is 39.5 Å². The van der Waals surface area contributed by atoms with E-state index in [-0.39, 0.29) is 5.54 Å². The summed E-state index contributed by atoms with van der Waals surface area (Å²) in [6, 6.07) is 0. The molecule has 0 bridgehead atoms. The topological polar surface area (TPSA) is 23.8 Å². The smallest absolute Gasteiger partial charge is 0.0267 e. The van der Waals surface area contributed by atoms with E-state index in [1.54, 1.807) is 0 Å². The average Bonchev–Trinajstić information content (AvgIpc) is 2.19. The van der Waals surface area contributed by atoms with Crippen molar-refractivity contribution in [2.45, 2.75) is 84.1 Å². The van der Waals surface area contributed by atoms with Crippen LogP contribution in [-0.2, 0) is 0 Å². The molecule has 95 valence electrons. The van der Waals surface area contributed by atoms with Gasteiger partial charge in [0, 0.05) is 5.54 Å². The number of hydrogen-bond acceptors (Lipinski definition) is 0. The van der Waals surface area contributed by atoms with Crippen LogP contribution in [0.4, 0.5) is 0 Å². The van der Waals surface area contributed by atoms with Gasteiger partial charge >= 0.3 is 0 Å². The Balaban J connectivity index is 3.13. The molecule has 0 saturated heterocycles. The fraction of sp³-hybridized carbons (Fsp3) is 0.867. The van der Waals surface area contributed by atoms with Gasteiger partial charge in [-0.1, -0.05) is 51.2 Å². The van der Waals surface area contributed by atoms with E-state index in [4.69, 9.17) is 5.73 Å². The van der Waals surface area contributed by atoms with Gasteiger partial charge in [0.05, 0.1) is 0 Å². The molecule has 0 atom stereocenters. The Morgan fingerprint density at radius 3 is 2.00 bits per heavy atom. The Bertz CT molecular complexity index is 165. The van der Waals surface area contributed by atoms with E-state index in [1.165, 1.54) is 51.4 Å². The van der Waals surface area contributed by atoms with Crippen molar-refractivity contribution in [1.82, 2.24) is 5.73 Å². The molecule has 1 radical (unpaired) electrons. The van der Waals surface area contributed by atoms with E-state index in [9.17, 15) is 0 Å². The summed E-state index contributed by atoms with van der Waals surface area (Å²) in [6.45, 7) is 6.24. The first-order chi connectivity index (χ1) is 7.56. The highest BCUT2D eigenvalue weighted by Crippen LogP contribution is 2.13. The Morgan fingerprint density at radius 1 is 0.875 bits per heavy atom. The zero-order valence-corrected chi connectivity index (χ0v) is 11.5. The maximum Gasteiger partial charge on any atom is 0.0267 e. The molecule has 1 nitrogen and oxygen atoms in total. The third-order valence-corrected chi connectivity index (χ3v) is 2.81. The van der Waals surface area contributed by atoms with E-state index in [0.29, 0.717) is 0 Å². The van der Waals surface area contributed by atoms with E-state index in [1.807, 2.05) is 13.8 Å². The molecule has 0 aliphatic rings. The Labute approximate surface area is 102 Å². The van der Waals surface area contributed by atoms with Gasteiger partial charge in [-0.2, -0.15) is 0 Å². The SMILES string of the molecule is CCCC/C=C/CCCCCCC(C)(C)[NH]. The standard InChI is InChI=1S/C15H30N/c1-4-5-6-7-8-9-10-11-12-13-14-15(2,3)16/h7-8,16H,4-6,9-14H2,1-3H3/b8-7+. The van der Waals surface area contributed by atoms with Gasteiger partial charge < -0.3 is 0 Å². The van der Waals surface area contributed by atoms with Crippen LogP contribution in [0.2, 0.25) is 0 Å². The van der Waals surface area contributed by atoms with Crippen LogP contribution in [0.15, 0.2) is 12.2 Å². The van der Waals surface area contributed by atoms with Crippen LogP contribution in [0.3, 0.4) is 0 Å². The summed E-state index contributed by atoms with van der Waals surface area (Å²) in [7, 11) is 0. The van der Waals surface area contributed by atoms with Gasteiger partial charge in [0.15, 0.2) is 0 Å². The second-order valence-corrected chi connectivity index (χ2v) is 5.45. The molecule has 0 aromatic rings. The van der Waals surface area contributed by atoms with Crippen LogP contribution in [-0.4, -0.2) is 5.54 Å². The van der Waals surface area contributed by atoms with Crippen molar-refractivity contribution in [2.75, 3.05) is 0 Å². The second-order valence-electron chi connectivity index (χ2n) is 5.45. The summed E-state index contributed by atoms with van der Waals surface area (Å²) >= 11 is 0. The summed E-state index contributed by atoms with van der Waals surface area (Å²) in [4.78, 5) is 0. The largest absolute Gasteiger partial charge is 0.252 e.